The van der Waals surface area contributed by atoms with E-state index in [1.165, 1.54) is 14.2 Å². The van der Waals surface area contributed by atoms with Crippen molar-refractivity contribution in [2.24, 2.45) is 5.41 Å². The molecule has 0 heterocycles. The fourth-order valence-electron chi connectivity index (χ4n) is 1.63. The summed E-state index contributed by atoms with van der Waals surface area (Å²) >= 11 is 0. The largest absolute Gasteiger partial charge is 0.384 e. The number of rotatable bonds is 10. The van der Waals surface area contributed by atoms with Crippen LogP contribution < -0.4 is 0 Å². The van der Waals surface area contributed by atoms with Crippen LogP contribution in [0.3, 0.4) is 0 Å². The number of aliphatic hydroxyl groups is 2. The van der Waals surface area contributed by atoms with Crippen LogP contribution in [0.15, 0.2) is 0 Å². The summed E-state index contributed by atoms with van der Waals surface area (Å²) in [5.41, 5.74) is -1.16. The van der Waals surface area contributed by atoms with Gasteiger partial charge in [0.05, 0.1) is 13.2 Å². The molecule has 6 nitrogen and oxygen atoms in total. The van der Waals surface area contributed by atoms with Crippen LogP contribution in [0.4, 0.5) is 0 Å². The molecule has 104 valence electrons. The third kappa shape index (κ3) is 4.50. The molecule has 0 rings (SSSR count). The zero-order valence-electron chi connectivity index (χ0n) is 11.0. The Morgan fingerprint density at radius 3 is 1.47 bits per heavy atom. The Morgan fingerprint density at radius 1 is 0.882 bits per heavy atom. The highest BCUT2D eigenvalue weighted by Crippen LogP contribution is 2.29. The minimum absolute atomic E-state index is 0.0587. The van der Waals surface area contributed by atoms with Crippen molar-refractivity contribution in [3.63, 3.8) is 0 Å². The number of hydrogen-bond acceptors (Lipinski definition) is 6. The lowest BCUT2D eigenvalue weighted by Crippen LogP contribution is -2.54. The van der Waals surface area contributed by atoms with Crippen LogP contribution in [-0.4, -0.2) is 63.4 Å². The van der Waals surface area contributed by atoms with E-state index in [1.54, 1.807) is 13.8 Å². The first kappa shape index (κ1) is 16.8. The highest BCUT2D eigenvalue weighted by Gasteiger charge is 2.46. The summed E-state index contributed by atoms with van der Waals surface area (Å²) in [4.78, 5) is 0. The van der Waals surface area contributed by atoms with E-state index in [2.05, 4.69) is 0 Å². The molecule has 0 fully saturated rings. The molecule has 6 heteroatoms. The van der Waals surface area contributed by atoms with Crippen molar-refractivity contribution < 1.29 is 29.2 Å². The molecule has 17 heavy (non-hydrogen) atoms. The predicted molar refractivity (Wildman–Crippen MR) is 61.5 cm³/mol. The van der Waals surface area contributed by atoms with Crippen molar-refractivity contribution in [2.75, 3.05) is 40.6 Å². The summed E-state index contributed by atoms with van der Waals surface area (Å²) in [6.45, 7) is 4.25. The highest BCUT2D eigenvalue weighted by atomic mass is 16.6. The molecule has 0 aliphatic rings. The van der Waals surface area contributed by atoms with Gasteiger partial charge in [0.25, 0.3) is 0 Å². The van der Waals surface area contributed by atoms with Crippen molar-refractivity contribution in [3.8, 4) is 0 Å². The fraction of sp³-hybridized carbons (Fsp3) is 1.00. The minimum atomic E-state index is -1.23. The van der Waals surface area contributed by atoms with Gasteiger partial charge in [-0.15, -0.1) is 0 Å². The smallest absolute Gasteiger partial charge is 0.169 e. The quantitative estimate of drug-likeness (QED) is 0.532. The van der Waals surface area contributed by atoms with Gasteiger partial charge in [-0.3, -0.25) is 0 Å². The summed E-state index contributed by atoms with van der Waals surface area (Å²) < 4.78 is 20.3. The van der Waals surface area contributed by atoms with E-state index in [1.807, 2.05) is 0 Å². The maximum Gasteiger partial charge on any atom is 0.169 e. The van der Waals surface area contributed by atoms with Crippen molar-refractivity contribution in [2.45, 2.75) is 26.4 Å². The van der Waals surface area contributed by atoms with Crippen LogP contribution in [0.5, 0.6) is 0 Å². The molecule has 0 aliphatic heterocycles. The Hall–Kier alpha value is -0.240. The van der Waals surface area contributed by atoms with Crippen LogP contribution in [-0.2, 0) is 18.9 Å². The van der Waals surface area contributed by atoms with Crippen LogP contribution in [0.1, 0.15) is 13.8 Å². The average molecular weight is 252 g/mol. The molecule has 0 saturated carbocycles. The number of methoxy groups -OCH3 is 2. The minimum Gasteiger partial charge on any atom is -0.384 e. The Bertz CT molecular complexity index is 167. The van der Waals surface area contributed by atoms with Crippen LogP contribution >= 0.6 is 0 Å². The SMILES string of the molecule is CCOC(O)C(COC)(COC)C(O)OCC. The monoisotopic (exact) mass is 252 g/mol. The number of hydrogen-bond donors (Lipinski definition) is 2. The molecule has 2 unspecified atom stereocenters. The van der Waals surface area contributed by atoms with Crippen molar-refractivity contribution in [1.29, 1.82) is 0 Å². The second-order valence-electron chi connectivity index (χ2n) is 3.71. The highest BCUT2D eigenvalue weighted by molar-refractivity contribution is 4.85. The first-order valence-corrected chi connectivity index (χ1v) is 5.66. The summed E-state index contributed by atoms with van der Waals surface area (Å²) in [5.74, 6) is 0. The second-order valence-corrected chi connectivity index (χ2v) is 3.71. The van der Waals surface area contributed by atoms with Gasteiger partial charge in [-0.2, -0.15) is 0 Å². The summed E-state index contributed by atoms with van der Waals surface area (Å²) in [6.07, 6.45) is -2.46. The zero-order valence-corrected chi connectivity index (χ0v) is 11.0. The van der Waals surface area contributed by atoms with Crippen LogP contribution in [0, 0.1) is 5.41 Å². The summed E-state index contributed by atoms with van der Waals surface area (Å²) in [5, 5.41) is 20.0. The maximum absolute atomic E-state index is 10.00. The second kappa shape index (κ2) is 8.79. The Balaban J connectivity index is 4.94. The van der Waals surface area contributed by atoms with E-state index in [-0.39, 0.29) is 13.2 Å². The zero-order chi connectivity index (χ0) is 13.3. The summed E-state index contributed by atoms with van der Waals surface area (Å²) in [6, 6.07) is 0. The molecule has 0 saturated heterocycles. The molecule has 0 bridgehead atoms. The van der Waals surface area contributed by atoms with Crippen molar-refractivity contribution in [1.82, 2.24) is 0 Å². The molecule has 0 aromatic heterocycles. The van der Waals surface area contributed by atoms with E-state index in [9.17, 15) is 10.2 Å². The van der Waals surface area contributed by atoms with Gasteiger partial charge in [0.1, 0.15) is 5.41 Å². The molecular weight excluding hydrogens is 228 g/mol. The number of aliphatic hydroxyl groups excluding tert-OH is 2. The first-order valence-electron chi connectivity index (χ1n) is 5.66. The normalized spacial score (nSPS) is 15.9. The van der Waals surface area contributed by atoms with Gasteiger partial charge in [0.2, 0.25) is 0 Å². The molecule has 0 spiro atoms. The van der Waals surface area contributed by atoms with Gasteiger partial charge >= 0.3 is 0 Å². The standard InChI is InChI=1S/C11H24O6/c1-5-16-9(12)11(7-14-3,8-15-4)10(13)17-6-2/h9-10,12-13H,5-8H2,1-4H3. The Kier molecular flexibility index (Phi) is 8.67. The molecule has 0 aliphatic carbocycles. The summed E-state index contributed by atoms with van der Waals surface area (Å²) in [7, 11) is 2.95. The van der Waals surface area contributed by atoms with Crippen molar-refractivity contribution in [3.05, 3.63) is 0 Å². The van der Waals surface area contributed by atoms with E-state index >= 15 is 0 Å². The molecule has 0 aromatic rings. The van der Waals surface area contributed by atoms with Crippen LogP contribution in [0.25, 0.3) is 0 Å². The first-order chi connectivity index (χ1) is 8.08. The molecule has 2 N–H and O–H groups in total. The van der Waals surface area contributed by atoms with Gasteiger partial charge in [-0.25, -0.2) is 0 Å². The Labute approximate surface area is 102 Å². The Morgan fingerprint density at radius 2 is 1.24 bits per heavy atom. The molecular formula is C11H24O6. The third-order valence-electron chi connectivity index (χ3n) is 2.46. The lowest BCUT2D eigenvalue weighted by Gasteiger charge is -2.39. The van der Waals surface area contributed by atoms with Gasteiger partial charge in [-0.05, 0) is 13.8 Å². The molecule has 0 amide bonds. The lowest BCUT2D eigenvalue weighted by atomic mass is 9.88. The van der Waals surface area contributed by atoms with Gasteiger partial charge in [0, 0.05) is 27.4 Å². The predicted octanol–water partition coefficient (Wildman–Crippen LogP) is -0.0246. The van der Waals surface area contributed by atoms with Gasteiger partial charge in [0.15, 0.2) is 12.6 Å². The lowest BCUT2D eigenvalue weighted by molar-refractivity contribution is -0.290. The fourth-order valence-corrected chi connectivity index (χ4v) is 1.63. The van der Waals surface area contributed by atoms with Gasteiger partial charge in [-0.1, -0.05) is 0 Å². The van der Waals surface area contributed by atoms with Gasteiger partial charge < -0.3 is 29.2 Å². The van der Waals surface area contributed by atoms with Crippen LogP contribution in [0.2, 0.25) is 0 Å². The molecule has 2 atom stereocenters. The molecule has 0 aromatic carbocycles. The third-order valence-corrected chi connectivity index (χ3v) is 2.46. The molecule has 0 radical (unpaired) electrons. The topological polar surface area (TPSA) is 77.4 Å². The maximum atomic E-state index is 10.00. The van der Waals surface area contributed by atoms with E-state index in [4.69, 9.17) is 18.9 Å². The van der Waals surface area contributed by atoms with E-state index < -0.39 is 18.0 Å². The van der Waals surface area contributed by atoms with E-state index in [0.29, 0.717) is 13.2 Å². The average Bonchev–Trinajstić information content (AvgIpc) is 2.29. The van der Waals surface area contributed by atoms with E-state index in [0.717, 1.165) is 0 Å². The van der Waals surface area contributed by atoms with Crippen molar-refractivity contribution >= 4 is 0 Å². The number of ether oxygens (including phenoxy) is 4.